The van der Waals surface area contributed by atoms with Crippen molar-refractivity contribution >= 4 is 5.97 Å². The lowest BCUT2D eigenvalue weighted by molar-refractivity contribution is -0.140. The van der Waals surface area contributed by atoms with Gasteiger partial charge in [0, 0.05) is 11.9 Å². The average Bonchev–Trinajstić information content (AvgIpc) is 3.04. The molecule has 2 atom stereocenters. The van der Waals surface area contributed by atoms with Crippen LogP contribution in [0, 0.1) is 11.7 Å². The molecule has 2 aromatic rings. The standard InChI is InChI=1S/C16H18FN3O2/c17-12-3-5-13(6-4-12)20-9-14(19-10-20)16(15(21)22)8-11(16)2-1-7-18/h3-6,9-11H,1-2,7-8,18H2,(H,21,22). The number of carboxylic acids is 1. The zero-order chi connectivity index (χ0) is 15.7. The number of aromatic nitrogens is 2. The maximum Gasteiger partial charge on any atom is 0.316 e. The summed E-state index contributed by atoms with van der Waals surface area (Å²) in [6.07, 6.45) is 5.52. The molecule has 0 bridgehead atoms. The average molecular weight is 303 g/mol. The summed E-state index contributed by atoms with van der Waals surface area (Å²) in [4.78, 5) is 16.0. The van der Waals surface area contributed by atoms with Crippen LogP contribution in [0.1, 0.15) is 25.0 Å². The second-order valence-corrected chi connectivity index (χ2v) is 5.75. The van der Waals surface area contributed by atoms with E-state index in [0.29, 0.717) is 18.7 Å². The van der Waals surface area contributed by atoms with Crippen molar-refractivity contribution in [2.75, 3.05) is 6.54 Å². The molecule has 0 spiro atoms. The lowest BCUT2D eigenvalue weighted by Gasteiger charge is -2.09. The number of nitrogens with two attached hydrogens (primary N) is 1. The Labute approximate surface area is 127 Å². The normalized spacial score (nSPS) is 23.5. The van der Waals surface area contributed by atoms with Crippen LogP contribution in [-0.2, 0) is 10.2 Å². The van der Waals surface area contributed by atoms with Crippen LogP contribution < -0.4 is 5.73 Å². The molecule has 1 aliphatic carbocycles. The monoisotopic (exact) mass is 303 g/mol. The molecule has 2 unspecified atom stereocenters. The fraction of sp³-hybridized carbons (Fsp3) is 0.375. The number of aliphatic carboxylic acids is 1. The Hall–Kier alpha value is -2.21. The van der Waals surface area contributed by atoms with Crippen molar-refractivity contribution in [2.45, 2.75) is 24.7 Å². The van der Waals surface area contributed by atoms with Crippen molar-refractivity contribution in [3.05, 3.63) is 48.3 Å². The molecule has 0 radical (unpaired) electrons. The maximum atomic E-state index is 13.0. The minimum atomic E-state index is -0.888. The molecular formula is C16H18FN3O2. The Morgan fingerprint density at radius 2 is 2.18 bits per heavy atom. The number of imidazole rings is 1. The van der Waals surface area contributed by atoms with Crippen LogP contribution in [0.15, 0.2) is 36.8 Å². The molecule has 0 amide bonds. The largest absolute Gasteiger partial charge is 0.481 e. The maximum absolute atomic E-state index is 13.0. The summed E-state index contributed by atoms with van der Waals surface area (Å²) < 4.78 is 14.7. The van der Waals surface area contributed by atoms with E-state index in [4.69, 9.17) is 5.73 Å². The van der Waals surface area contributed by atoms with Crippen molar-refractivity contribution in [3.8, 4) is 5.69 Å². The molecule has 22 heavy (non-hydrogen) atoms. The summed E-state index contributed by atoms with van der Waals surface area (Å²) in [5, 5.41) is 9.61. The minimum absolute atomic E-state index is 0.0881. The van der Waals surface area contributed by atoms with E-state index < -0.39 is 11.4 Å². The van der Waals surface area contributed by atoms with Crippen molar-refractivity contribution in [3.63, 3.8) is 0 Å². The van der Waals surface area contributed by atoms with E-state index >= 15 is 0 Å². The van der Waals surface area contributed by atoms with Gasteiger partial charge in [-0.15, -0.1) is 0 Å². The predicted octanol–water partition coefficient (Wildman–Crippen LogP) is 2.09. The fourth-order valence-electron chi connectivity index (χ4n) is 3.04. The summed E-state index contributed by atoms with van der Waals surface area (Å²) in [7, 11) is 0. The van der Waals surface area contributed by atoms with Gasteiger partial charge in [-0.05, 0) is 56.0 Å². The van der Waals surface area contributed by atoms with Gasteiger partial charge in [0.05, 0.1) is 12.0 Å². The molecule has 0 aliphatic heterocycles. The third-order valence-corrected chi connectivity index (χ3v) is 4.41. The summed E-state index contributed by atoms with van der Waals surface area (Å²) >= 11 is 0. The number of hydrogen-bond donors (Lipinski definition) is 2. The third kappa shape index (κ3) is 2.39. The number of benzene rings is 1. The highest BCUT2D eigenvalue weighted by Crippen LogP contribution is 2.56. The van der Waals surface area contributed by atoms with E-state index in [-0.39, 0.29) is 11.7 Å². The molecule has 1 aromatic carbocycles. The first-order chi connectivity index (χ1) is 10.6. The summed E-state index contributed by atoms with van der Waals surface area (Å²) in [5.74, 6) is -1.06. The van der Waals surface area contributed by atoms with Gasteiger partial charge in [-0.3, -0.25) is 4.79 Å². The van der Waals surface area contributed by atoms with Crippen LogP contribution in [-0.4, -0.2) is 27.2 Å². The molecule has 1 aromatic heterocycles. The van der Waals surface area contributed by atoms with Gasteiger partial charge in [-0.25, -0.2) is 9.37 Å². The Morgan fingerprint density at radius 1 is 1.45 bits per heavy atom. The van der Waals surface area contributed by atoms with Gasteiger partial charge in [0.1, 0.15) is 11.2 Å². The van der Waals surface area contributed by atoms with Gasteiger partial charge in [-0.2, -0.15) is 0 Å². The first-order valence-electron chi connectivity index (χ1n) is 7.32. The van der Waals surface area contributed by atoms with Gasteiger partial charge in [-0.1, -0.05) is 0 Å². The SMILES string of the molecule is NCCCC1CC1(C(=O)O)c1cn(-c2ccc(F)cc2)cn1. The van der Waals surface area contributed by atoms with Crippen molar-refractivity contribution in [2.24, 2.45) is 11.7 Å². The number of halogens is 1. The predicted molar refractivity (Wildman–Crippen MR) is 79.2 cm³/mol. The number of carboxylic acid groups (broad SMARTS) is 1. The topological polar surface area (TPSA) is 81.1 Å². The molecule has 1 aliphatic rings. The van der Waals surface area contributed by atoms with Gasteiger partial charge in [0.2, 0.25) is 0 Å². The van der Waals surface area contributed by atoms with Crippen molar-refractivity contribution in [1.29, 1.82) is 0 Å². The summed E-state index contributed by atoms with van der Waals surface area (Å²) in [6.45, 7) is 0.566. The van der Waals surface area contributed by atoms with Crippen molar-refractivity contribution < 1.29 is 14.3 Å². The fourth-order valence-corrected chi connectivity index (χ4v) is 3.04. The Bertz CT molecular complexity index is 683. The lowest BCUT2D eigenvalue weighted by Crippen LogP contribution is -2.23. The molecule has 1 saturated carbocycles. The Morgan fingerprint density at radius 3 is 2.82 bits per heavy atom. The number of hydrogen-bond acceptors (Lipinski definition) is 3. The van der Waals surface area contributed by atoms with Crippen LogP contribution in [0.5, 0.6) is 0 Å². The highest BCUT2D eigenvalue weighted by atomic mass is 19.1. The zero-order valence-corrected chi connectivity index (χ0v) is 12.1. The first-order valence-corrected chi connectivity index (χ1v) is 7.32. The lowest BCUT2D eigenvalue weighted by atomic mass is 9.98. The summed E-state index contributed by atoms with van der Waals surface area (Å²) in [6, 6.07) is 5.99. The van der Waals surface area contributed by atoms with E-state index in [0.717, 1.165) is 18.5 Å². The zero-order valence-electron chi connectivity index (χ0n) is 12.1. The van der Waals surface area contributed by atoms with Crippen LogP contribution in [0.2, 0.25) is 0 Å². The minimum Gasteiger partial charge on any atom is -0.481 e. The molecule has 1 heterocycles. The van der Waals surface area contributed by atoms with Crippen molar-refractivity contribution in [1.82, 2.24) is 9.55 Å². The van der Waals surface area contributed by atoms with Gasteiger partial charge in [0.25, 0.3) is 0 Å². The Kier molecular flexibility index (Phi) is 3.70. The molecule has 3 rings (SSSR count). The second-order valence-electron chi connectivity index (χ2n) is 5.75. The molecule has 6 heteroatoms. The van der Waals surface area contributed by atoms with E-state index in [2.05, 4.69) is 4.98 Å². The van der Waals surface area contributed by atoms with E-state index in [1.807, 2.05) is 0 Å². The van der Waals surface area contributed by atoms with Crippen LogP contribution in [0.25, 0.3) is 5.69 Å². The third-order valence-electron chi connectivity index (χ3n) is 4.41. The second kappa shape index (κ2) is 5.53. The van der Waals surface area contributed by atoms with Gasteiger partial charge < -0.3 is 15.4 Å². The molecule has 116 valence electrons. The van der Waals surface area contributed by atoms with E-state index in [1.165, 1.54) is 12.1 Å². The highest BCUT2D eigenvalue weighted by Gasteiger charge is 2.62. The number of carbonyl (C=O) groups is 1. The molecule has 1 fully saturated rings. The van der Waals surface area contributed by atoms with Crippen LogP contribution in [0.3, 0.4) is 0 Å². The smallest absolute Gasteiger partial charge is 0.316 e. The van der Waals surface area contributed by atoms with Gasteiger partial charge in [0.15, 0.2) is 0 Å². The quantitative estimate of drug-likeness (QED) is 0.856. The first kappa shape index (κ1) is 14.7. The highest BCUT2D eigenvalue weighted by molar-refractivity contribution is 5.85. The molecule has 0 saturated heterocycles. The number of nitrogens with zero attached hydrogens (tertiary/aromatic N) is 2. The number of rotatable bonds is 6. The molecule has 3 N–H and O–H groups in total. The van der Waals surface area contributed by atoms with Crippen LogP contribution >= 0.6 is 0 Å². The van der Waals surface area contributed by atoms with E-state index in [9.17, 15) is 14.3 Å². The molecule has 5 nitrogen and oxygen atoms in total. The summed E-state index contributed by atoms with van der Waals surface area (Å²) in [5.41, 5.74) is 5.93. The molecular weight excluding hydrogens is 285 g/mol. The Balaban J connectivity index is 1.86. The van der Waals surface area contributed by atoms with Crippen LogP contribution in [0.4, 0.5) is 4.39 Å². The van der Waals surface area contributed by atoms with E-state index in [1.54, 1.807) is 29.2 Å². The van der Waals surface area contributed by atoms with Gasteiger partial charge >= 0.3 is 5.97 Å².